The summed E-state index contributed by atoms with van der Waals surface area (Å²) in [5, 5.41) is 19.1. The van der Waals surface area contributed by atoms with Gasteiger partial charge in [-0.25, -0.2) is 4.79 Å². The van der Waals surface area contributed by atoms with Gasteiger partial charge in [0, 0.05) is 18.8 Å². The predicted molar refractivity (Wildman–Crippen MR) is 94.1 cm³/mol. The lowest BCUT2D eigenvalue weighted by atomic mass is 10.3. The third kappa shape index (κ3) is 13.7. The fourth-order valence-electron chi connectivity index (χ4n) is 1.91. The Morgan fingerprint density at radius 1 is 1.09 bits per heavy atom. The van der Waals surface area contributed by atoms with Crippen LogP contribution in [0.5, 0.6) is 0 Å². The van der Waals surface area contributed by atoms with E-state index in [0.717, 1.165) is 13.0 Å². The zero-order valence-corrected chi connectivity index (χ0v) is 14.3. The van der Waals surface area contributed by atoms with E-state index in [1.54, 1.807) is 24.3 Å². The minimum Gasteiger partial charge on any atom is -0.465 e. The van der Waals surface area contributed by atoms with Crippen molar-refractivity contribution in [2.24, 2.45) is 0 Å². The molecule has 0 aliphatic rings. The SMILES string of the molecule is CCCN(CCC)CCCO.Cl.O=C(O)Nc1ccccc1. The van der Waals surface area contributed by atoms with Gasteiger partial charge < -0.3 is 15.1 Å². The van der Waals surface area contributed by atoms with Crippen LogP contribution in [0.3, 0.4) is 0 Å². The number of hydrogen-bond donors (Lipinski definition) is 3. The maximum Gasteiger partial charge on any atom is 0.409 e. The molecule has 0 heterocycles. The van der Waals surface area contributed by atoms with E-state index in [1.807, 2.05) is 6.07 Å². The summed E-state index contributed by atoms with van der Waals surface area (Å²) in [6, 6.07) is 8.74. The third-order valence-electron chi connectivity index (χ3n) is 2.74. The lowest BCUT2D eigenvalue weighted by Crippen LogP contribution is -2.27. The summed E-state index contributed by atoms with van der Waals surface area (Å²) >= 11 is 0. The number of amides is 1. The molecule has 0 spiro atoms. The van der Waals surface area contributed by atoms with Crippen molar-refractivity contribution in [3.8, 4) is 0 Å². The van der Waals surface area contributed by atoms with E-state index in [0.29, 0.717) is 12.3 Å². The van der Waals surface area contributed by atoms with E-state index in [2.05, 4.69) is 24.1 Å². The average molecular weight is 333 g/mol. The van der Waals surface area contributed by atoms with Crippen LogP contribution >= 0.6 is 12.4 Å². The minimum atomic E-state index is -1.04. The highest BCUT2D eigenvalue weighted by Gasteiger charge is 2.00. The Hall–Kier alpha value is -1.30. The molecule has 22 heavy (non-hydrogen) atoms. The molecule has 0 aromatic heterocycles. The van der Waals surface area contributed by atoms with Crippen molar-refractivity contribution in [3.63, 3.8) is 0 Å². The first-order chi connectivity index (χ1) is 10.1. The number of hydrogen-bond acceptors (Lipinski definition) is 3. The molecular weight excluding hydrogens is 304 g/mol. The average Bonchev–Trinajstić information content (AvgIpc) is 2.46. The van der Waals surface area contributed by atoms with Gasteiger partial charge in [-0.1, -0.05) is 32.0 Å². The van der Waals surface area contributed by atoms with Crippen LogP contribution in [0.15, 0.2) is 30.3 Å². The van der Waals surface area contributed by atoms with Gasteiger partial charge >= 0.3 is 6.09 Å². The maximum absolute atomic E-state index is 10.1. The highest BCUT2D eigenvalue weighted by Crippen LogP contribution is 2.03. The fraction of sp³-hybridized carbons (Fsp3) is 0.562. The number of halogens is 1. The molecule has 6 heteroatoms. The number of anilines is 1. The normalized spacial score (nSPS) is 9.45. The van der Waals surface area contributed by atoms with E-state index in [-0.39, 0.29) is 12.4 Å². The molecule has 3 N–H and O–H groups in total. The zero-order valence-electron chi connectivity index (χ0n) is 13.5. The second kappa shape index (κ2) is 16.1. The highest BCUT2D eigenvalue weighted by molar-refractivity contribution is 5.85. The predicted octanol–water partition coefficient (Wildman–Crippen LogP) is 3.69. The van der Waals surface area contributed by atoms with Crippen LogP contribution in [0.2, 0.25) is 0 Å². The van der Waals surface area contributed by atoms with E-state index in [1.165, 1.54) is 25.9 Å². The fourth-order valence-corrected chi connectivity index (χ4v) is 1.91. The number of nitrogens with zero attached hydrogens (tertiary/aromatic N) is 1. The van der Waals surface area contributed by atoms with Crippen LogP contribution in [-0.2, 0) is 0 Å². The number of carbonyl (C=O) groups is 1. The van der Waals surface area contributed by atoms with Crippen LogP contribution in [0.4, 0.5) is 10.5 Å². The number of para-hydroxylation sites is 1. The first kappa shape index (κ1) is 23.0. The molecule has 0 bridgehead atoms. The highest BCUT2D eigenvalue weighted by atomic mass is 35.5. The standard InChI is InChI=1S/C9H21NO.C7H7NO2.ClH/c1-3-6-10(7-4-2)8-5-9-11;9-7(10)8-6-4-2-1-3-5-6;/h11H,3-9H2,1-2H3;1-5,8H,(H,9,10);1H. The molecule has 0 fully saturated rings. The van der Waals surface area contributed by atoms with Crippen LogP contribution < -0.4 is 5.32 Å². The van der Waals surface area contributed by atoms with Gasteiger partial charge in [-0.15, -0.1) is 12.4 Å². The number of aliphatic hydroxyl groups is 1. The largest absolute Gasteiger partial charge is 0.465 e. The van der Waals surface area contributed by atoms with Crippen molar-refractivity contribution < 1.29 is 15.0 Å². The Bertz CT molecular complexity index is 358. The summed E-state index contributed by atoms with van der Waals surface area (Å²) in [6.45, 7) is 8.12. The summed E-state index contributed by atoms with van der Waals surface area (Å²) in [4.78, 5) is 12.5. The molecule has 0 radical (unpaired) electrons. The Morgan fingerprint density at radius 3 is 2.05 bits per heavy atom. The maximum atomic E-state index is 10.1. The van der Waals surface area contributed by atoms with Crippen molar-refractivity contribution in [2.75, 3.05) is 31.6 Å². The molecule has 0 unspecified atom stereocenters. The third-order valence-corrected chi connectivity index (χ3v) is 2.74. The summed E-state index contributed by atoms with van der Waals surface area (Å²) < 4.78 is 0. The van der Waals surface area contributed by atoms with Gasteiger partial charge in [-0.2, -0.15) is 0 Å². The number of carboxylic acid groups (broad SMARTS) is 1. The van der Waals surface area contributed by atoms with Crippen molar-refractivity contribution in [1.29, 1.82) is 0 Å². The van der Waals surface area contributed by atoms with Crippen molar-refractivity contribution in [2.45, 2.75) is 33.1 Å². The first-order valence-corrected chi connectivity index (χ1v) is 7.52. The van der Waals surface area contributed by atoms with E-state index in [4.69, 9.17) is 10.2 Å². The molecule has 0 saturated heterocycles. The Balaban J connectivity index is 0. The quantitative estimate of drug-likeness (QED) is 0.679. The van der Waals surface area contributed by atoms with Crippen molar-refractivity contribution in [1.82, 2.24) is 4.90 Å². The van der Waals surface area contributed by atoms with E-state index in [9.17, 15) is 4.79 Å². The lowest BCUT2D eigenvalue weighted by Gasteiger charge is -2.19. The molecule has 0 aliphatic carbocycles. The Morgan fingerprint density at radius 2 is 1.64 bits per heavy atom. The lowest BCUT2D eigenvalue weighted by molar-refractivity contribution is 0.209. The minimum absolute atomic E-state index is 0. The number of aliphatic hydroxyl groups excluding tert-OH is 1. The molecule has 1 amide bonds. The second-order valence-electron chi connectivity index (χ2n) is 4.71. The number of nitrogens with one attached hydrogen (secondary N) is 1. The van der Waals surface area contributed by atoms with Crippen molar-refractivity contribution in [3.05, 3.63) is 30.3 Å². The summed E-state index contributed by atoms with van der Waals surface area (Å²) in [7, 11) is 0. The van der Waals surface area contributed by atoms with Crippen LogP contribution in [0.1, 0.15) is 33.1 Å². The molecule has 0 atom stereocenters. The second-order valence-corrected chi connectivity index (χ2v) is 4.71. The van der Waals surface area contributed by atoms with Gasteiger partial charge in [0.1, 0.15) is 0 Å². The Labute approximate surface area is 139 Å². The van der Waals surface area contributed by atoms with Crippen LogP contribution in [-0.4, -0.2) is 47.4 Å². The van der Waals surface area contributed by atoms with Crippen LogP contribution in [0, 0.1) is 0 Å². The number of rotatable bonds is 8. The van der Waals surface area contributed by atoms with Gasteiger partial charge in [0.15, 0.2) is 0 Å². The zero-order chi connectivity index (χ0) is 15.9. The van der Waals surface area contributed by atoms with E-state index < -0.39 is 6.09 Å². The molecule has 0 saturated carbocycles. The monoisotopic (exact) mass is 332 g/mol. The van der Waals surface area contributed by atoms with Crippen molar-refractivity contribution >= 4 is 24.2 Å². The molecule has 1 aromatic rings. The molecule has 0 aliphatic heterocycles. The molecule has 1 rings (SSSR count). The first-order valence-electron chi connectivity index (χ1n) is 7.52. The molecular formula is C16H29ClN2O3. The van der Waals surface area contributed by atoms with Gasteiger partial charge in [-0.3, -0.25) is 5.32 Å². The smallest absolute Gasteiger partial charge is 0.409 e. The van der Waals surface area contributed by atoms with Gasteiger partial charge in [0.25, 0.3) is 0 Å². The summed E-state index contributed by atoms with van der Waals surface area (Å²) in [5.74, 6) is 0. The summed E-state index contributed by atoms with van der Waals surface area (Å²) in [6.07, 6.45) is 2.31. The van der Waals surface area contributed by atoms with Gasteiger partial charge in [0.05, 0.1) is 0 Å². The topological polar surface area (TPSA) is 72.8 Å². The Kier molecular flexibility index (Phi) is 16.8. The van der Waals surface area contributed by atoms with Gasteiger partial charge in [0.2, 0.25) is 0 Å². The van der Waals surface area contributed by atoms with E-state index >= 15 is 0 Å². The number of benzene rings is 1. The van der Waals surface area contributed by atoms with Gasteiger partial charge in [-0.05, 0) is 44.5 Å². The molecule has 128 valence electrons. The molecule has 5 nitrogen and oxygen atoms in total. The molecule has 1 aromatic carbocycles. The summed E-state index contributed by atoms with van der Waals surface area (Å²) in [5.41, 5.74) is 0.593. The van der Waals surface area contributed by atoms with Crippen LogP contribution in [0.25, 0.3) is 0 Å².